The van der Waals surface area contributed by atoms with Crippen LogP contribution in [0.4, 0.5) is 51.2 Å². The van der Waals surface area contributed by atoms with Crippen molar-refractivity contribution < 1.29 is 13.7 Å². The molecule has 0 radical (unpaired) electrons. The van der Waals surface area contributed by atoms with Gasteiger partial charge in [0.25, 0.3) is 0 Å². The van der Waals surface area contributed by atoms with E-state index in [0.29, 0.717) is 0 Å². The van der Waals surface area contributed by atoms with Crippen LogP contribution in [0.3, 0.4) is 0 Å². The maximum absolute atomic E-state index is 2.43. The summed E-state index contributed by atoms with van der Waals surface area (Å²) in [7, 11) is 0. The highest BCUT2D eigenvalue weighted by molar-refractivity contribution is 6.06. The van der Waals surface area contributed by atoms with Crippen molar-refractivity contribution in [3.8, 4) is 0 Å². The Morgan fingerprint density at radius 3 is 0.567 bits per heavy atom. The van der Waals surface area contributed by atoms with Crippen LogP contribution in [-0.2, 0) is 0 Å². The Labute approximate surface area is 779 Å². The van der Waals surface area contributed by atoms with E-state index in [9.17, 15) is 0 Å². The highest BCUT2D eigenvalue weighted by Gasteiger charge is 2.24. The molecule has 0 saturated carbocycles. The molecule has 0 aliphatic heterocycles. The minimum Gasteiger partial charge on any atom is -0.341 e. The van der Waals surface area contributed by atoms with Crippen molar-refractivity contribution in [1.29, 1.82) is 0 Å². The molecule has 0 N–H and O–H groups in total. The molecule has 9 heteroatoms. The highest BCUT2D eigenvalue weighted by Crippen LogP contribution is 2.38. The van der Waals surface area contributed by atoms with Crippen LogP contribution in [0, 0.1) is 0 Å². The number of unbranched alkanes of at least 4 members (excludes halogenated alkanes) is 6. The Hall–Kier alpha value is -12.4. The van der Waals surface area contributed by atoms with Crippen LogP contribution in [0.1, 0.15) is 159 Å². The van der Waals surface area contributed by atoms with Gasteiger partial charge in [0.2, 0.25) is 34.2 Å². The summed E-state index contributed by atoms with van der Waals surface area (Å²) in [6.07, 6.45) is 41.3. The summed E-state index contributed by atoms with van der Waals surface area (Å²) in [4.78, 5) is 7.29. The minimum absolute atomic E-state index is 0. The molecule has 3 aliphatic rings. The topological polar surface area (TPSA) is 18.8 Å². The van der Waals surface area contributed by atoms with Gasteiger partial charge in [0.05, 0.1) is 0 Å². The molecule has 3 aliphatic carbocycles. The van der Waals surface area contributed by atoms with E-state index in [2.05, 4.69) is 489 Å². The second-order valence-electron chi connectivity index (χ2n) is 31.5. The third-order valence-electron chi connectivity index (χ3n) is 22.8. The predicted molar refractivity (Wildman–Crippen MR) is 559 cm³/mol. The molecular weight excluding hydrogens is 1610 g/mol. The van der Waals surface area contributed by atoms with E-state index in [4.69, 9.17) is 0 Å². The fourth-order valence-corrected chi connectivity index (χ4v) is 16.2. The summed E-state index contributed by atoms with van der Waals surface area (Å²) in [5.41, 5.74) is 29.6. The van der Waals surface area contributed by atoms with E-state index in [-0.39, 0.29) is 44.6 Å². The lowest BCUT2D eigenvalue weighted by Gasteiger charge is -2.25. The molecule has 127 heavy (non-hydrogen) atoms. The first-order chi connectivity index (χ1) is 60.8. The van der Waals surface area contributed by atoms with Crippen LogP contribution in [0.25, 0.3) is 16.7 Å². The SMILES string of the molecule is C.CCCCN(c1ccccc1)c1ccc(C(=C2C=CC(=[N+](CCCC)c3ccccc3)C=C2)c2ccccc2)cc1.CCCCN(c1ccccc1)c1ccc(C(=C2C=CC(=[N+](CCCC)c3ccccc3)C=C2)c2ccccc2)cc1.CCCCN(c1ccccc1)c1ccc(C(=C2C=CC(=[N+](CCCC)c3ccccc3)C=C2)c2ccccc2)cc1.Cl.Cl.Cl. The number of anilines is 6. The van der Waals surface area contributed by atoms with E-state index < -0.39 is 0 Å². The molecule has 12 aromatic carbocycles. The van der Waals surface area contributed by atoms with Gasteiger partial charge in [-0.1, -0.05) is 324 Å². The Balaban J connectivity index is 0.000000212. The van der Waals surface area contributed by atoms with Gasteiger partial charge in [-0.15, -0.1) is 37.2 Å². The first kappa shape index (κ1) is 98.4. The average Bonchev–Trinajstić information content (AvgIpc) is 0.802. The van der Waals surface area contributed by atoms with Gasteiger partial charge in [-0.3, -0.25) is 0 Å². The standard InChI is InChI=1S/3C39H41N2.CH4.3ClH/c3*1-3-5-30-40(35-18-12-8-13-19-35)37-26-22-33(23-27-37)39(32-16-10-7-11-17-32)34-24-28-38(29-25-34)41(31-6-4-2)36-20-14-9-15-21-36;;;;/h3*7-29H,3-6,30-31H2,1-2H3;1H4;3*1H/q3*+1;;;;. The molecule has 15 rings (SSSR count). The number of allylic oxidation sites excluding steroid dienone is 15. The van der Waals surface area contributed by atoms with Crippen LogP contribution in [-0.4, -0.2) is 70.1 Å². The first-order valence-corrected chi connectivity index (χ1v) is 45.2. The van der Waals surface area contributed by atoms with Crippen molar-refractivity contribution >= 4 is 122 Å². The zero-order valence-corrected chi connectivity index (χ0v) is 76.9. The molecule has 0 atom stereocenters. The molecule has 0 amide bonds. The lowest BCUT2D eigenvalue weighted by molar-refractivity contribution is -0.439. The molecule has 0 unspecified atom stereocenters. The van der Waals surface area contributed by atoms with E-state index in [1.807, 2.05) is 0 Å². The number of nitrogens with zero attached hydrogens (tertiary/aromatic N) is 6. The van der Waals surface area contributed by atoms with E-state index in [0.717, 1.165) is 77.8 Å². The maximum Gasteiger partial charge on any atom is 0.205 e. The smallest absolute Gasteiger partial charge is 0.205 e. The summed E-state index contributed by atoms with van der Waals surface area (Å²) in [6, 6.07) is 124. The van der Waals surface area contributed by atoms with E-state index in [1.54, 1.807) is 0 Å². The second kappa shape index (κ2) is 53.1. The number of hydrogen-bond donors (Lipinski definition) is 0. The largest absolute Gasteiger partial charge is 0.341 e. The second-order valence-corrected chi connectivity index (χ2v) is 31.5. The molecule has 650 valence electrons. The molecule has 0 heterocycles. The van der Waals surface area contributed by atoms with Crippen molar-refractivity contribution in [2.45, 2.75) is 126 Å². The third-order valence-corrected chi connectivity index (χ3v) is 22.8. The third kappa shape index (κ3) is 27.3. The summed E-state index contributed by atoms with van der Waals surface area (Å²) in [6.45, 7) is 19.5. The summed E-state index contributed by atoms with van der Waals surface area (Å²) in [5, 5.41) is 0. The lowest BCUT2D eigenvalue weighted by Crippen LogP contribution is -2.18. The van der Waals surface area contributed by atoms with Gasteiger partial charge in [-0.05, 0) is 195 Å². The van der Waals surface area contributed by atoms with Gasteiger partial charge < -0.3 is 14.7 Å². The molecule has 0 saturated heterocycles. The van der Waals surface area contributed by atoms with Crippen LogP contribution in [0.2, 0.25) is 0 Å². The van der Waals surface area contributed by atoms with Gasteiger partial charge in [0.15, 0.2) is 0 Å². The highest BCUT2D eigenvalue weighted by atomic mass is 35.5. The molecule has 0 bridgehead atoms. The van der Waals surface area contributed by atoms with Crippen molar-refractivity contribution in [3.05, 3.63) is 469 Å². The fraction of sp³-hybridized carbons (Fsp3) is 0.212. The molecule has 12 aromatic rings. The molecular formula is C118H130Cl3N6+3. The summed E-state index contributed by atoms with van der Waals surface area (Å²) < 4.78 is 7.29. The predicted octanol–water partition coefficient (Wildman–Crippen LogP) is 32.3. The zero-order chi connectivity index (χ0) is 84.8. The van der Waals surface area contributed by atoms with Gasteiger partial charge >= 0.3 is 0 Å². The van der Waals surface area contributed by atoms with Crippen molar-refractivity contribution in [2.24, 2.45) is 0 Å². The Morgan fingerprint density at radius 2 is 0.370 bits per heavy atom. The van der Waals surface area contributed by atoms with Crippen LogP contribution >= 0.6 is 37.2 Å². The van der Waals surface area contributed by atoms with Gasteiger partial charge in [-0.25, -0.2) is 0 Å². The Bertz CT molecular complexity index is 5060. The van der Waals surface area contributed by atoms with Crippen LogP contribution < -0.4 is 14.7 Å². The van der Waals surface area contributed by atoms with Crippen molar-refractivity contribution in [2.75, 3.05) is 54.0 Å². The van der Waals surface area contributed by atoms with E-state index >= 15 is 0 Å². The maximum atomic E-state index is 2.43. The van der Waals surface area contributed by atoms with Crippen molar-refractivity contribution in [3.63, 3.8) is 0 Å². The van der Waals surface area contributed by atoms with Gasteiger partial charge in [-0.2, -0.15) is 13.7 Å². The van der Waals surface area contributed by atoms with Crippen molar-refractivity contribution in [1.82, 2.24) is 0 Å². The molecule has 0 fully saturated rings. The molecule has 0 spiro atoms. The fourth-order valence-electron chi connectivity index (χ4n) is 16.2. The minimum atomic E-state index is 0. The quantitative estimate of drug-likeness (QED) is 0.0382. The number of para-hydroxylation sites is 6. The van der Waals surface area contributed by atoms with Crippen LogP contribution in [0.15, 0.2) is 435 Å². The Kier molecular flexibility index (Phi) is 41.2. The number of benzene rings is 12. The summed E-state index contributed by atoms with van der Waals surface area (Å²) in [5.74, 6) is 0. The zero-order valence-electron chi connectivity index (χ0n) is 74.5. The van der Waals surface area contributed by atoms with E-state index in [1.165, 1.54) is 174 Å². The first-order valence-electron chi connectivity index (χ1n) is 45.2. The number of halogens is 3. The number of hydrogen-bond acceptors (Lipinski definition) is 3. The van der Waals surface area contributed by atoms with Gasteiger partial charge in [0, 0.05) is 146 Å². The molecule has 6 nitrogen and oxygen atoms in total. The summed E-state index contributed by atoms with van der Waals surface area (Å²) >= 11 is 0. The lowest BCUT2D eigenvalue weighted by atomic mass is 9.90. The Morgan fingerprint density at radius 1 is 0.197 bits per heavy atom. The molecule has 0 aromatic heterocycles. The van der Waals surface area contributed by atoms with Crippen LogP contribution in [0.5, 0.6) is 0 Å². The number of rotatable bonds is 33. The average molecular weight is 1740 g/mol. The van der Waals surface area contributed by atoms with Gasteiger partial charge in [0.1, 0.15) is 19.6 Å². The normalized spacial score (nSPS) is 12.0. The monoisotopic (exact) mass is 1740 g/mol.